The third-order valence-corrected chi connectivity index (χ3v) is 3.79. The average molecular weight is 300 g/mol. The number of piperazine rings is 1. The van der Waals surface area contributed by atoms with Gasteiger partial charge in [0, 0.05) is 32.2 Å². The molecule has 2 atom stereocenters. The first-order chi connectivity index (χ1) is 9.79. The van der Waals surface area contributed by atoms with Gasteiger partial charge in [-0.1, -0.05) is 13.8 Å². The van der Waals surface area contributed by atoms with E-state index in [0.29, 0.717) is 13.0 Å². The Morgan fingerprint density at radius 2 is 1.95 bits per heavy atom. The minimum absolute atomic E-state index is 0.213. The Morgan fingerprint density at radius 1 is 1.29 bits per heavy atom. The van der Waals surface area contributed by atoms with Crippen LogP contribution in [0.3, 0.4) is 0 Å². The number of nitrogens with zero attached hydrogens (tertiary/aromatic N) is 2. The van der Waals surface area contributed by atoms with Crippen LogP contribution in [-0.4, -0.2) is 79.3 Å². The lowest BCUT2D eigenvalue weighted by molar-refractivity contribution is -0.139. The van der Waals surface area contributed by atoms with E-state index in [0.717, 1.165) is 19.6 Å². The van der Waals surface area contributed by atoms with Gasteiger partial charge in [0.15, 0.2) is 0 Å². The van der Waals surface area contributed by atoms with Crippen LogP contribution in [0.15, 0.2) is 0 Å². The molecule has 3 N–H and O–H groups in total. The van der Waals surface area contributed by atoms with Crippen LogP contribution in [0.2, 0.25) is 0 Å². The zero-order valence-corrected chi connectivity index (χ0v) is 13.4. The Labute approximate surface area is 126 Å². The van der Waals surface area contributed by atoms with Gasteiger partial charge in [-0.05, 0) is 26.4 Å². The molecule has 1 fully saturated rings. The molecule has 21 heavy (non-hydrogen) atoms. The van der Waals surface area contributed by atoms with Crippen LogP contribution >= 0.6 is 0 Å². The molecule has 1 aliphatic heterocycles. The van der Waals surface area contributed by atoms with Gasteiger partial charge in [0.25, 0.3) is 0 Å². The summed E-state index contributed by atoms with van der Waals surface area (Å²) in [5.74, 6) is -0.780. The van der Waals surface area contributed by atoms with E-state index >= 15 is 0 Å². The number of aliphatic carboxylic acids is 1. The third kappa shape index (κ3) is 6.31. The molecule has 1 unspecified atom stereocenters. The summed E-state index contributed by atoms with van der Waals surface area (Å²) in [5, 5.41) is 14.4. The van der Waals surface area contributed by atoms with Crippen molar-refractivity contribution >= 4 is 12.0 Å². The van der Waals surface area contributed by atoms with Crippen LogP contribution in [0.25, 0.3) is 0 Å². The van der Waals surface area contributed by atoms with Crippen LogP contribution in [-0.2, 0) is 4.79 Å². The fourth-order valence-corrected chi connectivity index (χ4v) is 2.43. The smallest absolute Gasteiger partial charge is 0.326 e. The van der Waals surface area contributed by atoms with E-state index in [2.05, 4.69) is 27.5 Å². The molecule has 1 saturated heterocycles. The van der Waals surface area contributed by atoms with Crippen molar-refractivity contribution in [2.45, 2.75) is 32.4 Å². The SMILES string of the molecule is CC(C)C[C@@H](NC(=O)NCC1CN(C)CCN1C)C(=O)O. The number of carbonyl (C=O) groups excluding carboxylic acids is 1. The first-order valence-electron chi connectivity index (χ1n) is 7.45. The molecule has 7 nitrogen and oxygen atoms in total. The molecule has 2 amide bonds. The van der Waals surface area contributed by atoms with Crippen molar-refractivity contribution in [3.05, 3.63) is 0 Å². The highest BCUT2D eigenvalue weighted by molar-refractivity contribution is 5.82. The molecule has 0 spiro atoms. The highest BCUT2D eigenvalue weighted by Crippen LogP contribution is 2.06. The predicted octanol–water partition coefficient (Wildman–Crippen LogP) is 0.0307. The Morgan fingerprint density at radius 3 is 2.52 bits per heavy atom. The molecule has 0 aromatic carbocycles. The summed E-state index contributed by atoms with van der Waals surface area (Å²) in [6, 6.07) is -0.996. The van der Waals surface area contributed by atoms with Gasteiger partial charge in [-0.25, -0.2) is 9.59 Å². The number of hydrogen-bond acceptors (Lipinski definition) is 4. The zero-order valence-electron chi connectivity index (χ0n) is 13.4. The van der Waals surface area contributed by atoms with Gasteiger partial charge in [-0.15, -0.1) is 0 Å². The molecule has 1 heterocycles. The number of nitrogens with one attached hydrogen (secondary N) is 2. The maximum Gasteiger partial charge on any atom is 0.326 e. The van der Waals surface area contributed by atoms with Crippen molar-refractivity contribution in [2.75, 3.05) is 40.3 Å². The molecule has 7 heteroatoms. The molecule has 1 rings (SSSR count). The van der Waals surface area contributed by atoms with Crippen molar-refractivity contribution in [3.63, 3.8) is 0 Å². The molecule has 122 valence electrons. The Hall–Kier alpha value is -1.34. The summed E-state index contributed by atoms with van der Waals surface area (Å²) >= 11 is 0. The van der Waals surface area contributed by atoms with E-state index in [4.69, 9.17) is 5.11 Å². The molecular formula is C14H28N4O3. The summed E-state index contributed by atoms with van der Waals surface area (Å²) in [6.07, 6.45) is 0.425. The van der Waals surface area contributed by atoms with Crippen LogP contribution < -0.4 is 10.6 Å². The molecule has 1 aliphatic rings. The number of carbonyl (C=O) groups is 2. The largest absolute Gasteiger partial charge is 0.480 e. The van der Waals surface area contributed by atoms with E-state index in [1.54, 1.807) is 0 Å². The fraction of sp³-hybridized carbons (Fsp3) is 0.857. The molecular weight excluding hydrogens is 272 g/mol. The molecule has 0 bridgehead atoms. The maximum atomic E-state index is 11.9. The summed E-state index contributed by atoms with van der Waals surface area (Å²) in [6.45, 7) is 7.26. The lowest BCUT2D eigenvalue weighted by Crippen LogP contribution is -2.56. The van der Waals surface area contributed by atoms with Gasteiger partial charge in [0.05, 0.1) is 0 Å². The predicted molar refractivity (Wildman–Crippen MR) is 81.3 cm³/mol. The average Bonchev–Trinajstić information content (AvgIpc) is 2.38. The fourth-order valence-electron chi connectivity index (χ4n) is 2.43. The maximum absolute atomic E-state index is 11.9. The zero-order chi connectivity index (χ0) is 16.0. The van der Waals surface area contributed by atoms with Crippen molar-refractivity contribution in [3.8, 4) is 0 Å². The number of hydrogen-bond donors (Lipinski definition) is 3. The highest BCUT2D eigenvalue weighted by atomic mass is 16.4. The molecule has 0 aliphatic carbocycles. The third-order valence-electron chi connectivity index (χ3n) is 3.79. The highest BCUT2D eigenvalue weighted by Gasteiger charge is 2.24. The molecule has 0 radical (unpaired) electrons. The van der Waals surface area contributed by atoms with E-state index < -0.39 is 18.0 Å². The number of rotatable bonds is 6. The number of carboxylic acid groups (broad SMARTS) is 1. The second-order valence-electron chi connectivity index (χ2n) is 6.27. The van der Waals surface area contributed by atoms with E-state index in [1.165, 1.54) is 0 Å². The molecule has 0 aromatic heterocycles. The molecule has 0 aromatic rings. The van der Waals surface area contributed by atoms with Crippen molar-refractivity contribution in [1.29, 1.82) is 0 Å². The first kappa shape index (κ1) is 17.7. The number of urea groups is 1. The summed E-state index contributed by atoms with van der Waals surface area (Å²) < 4.78 is 0. The second kappa shape index (κ2) is 8.19. The monoisotopic (exact) mass is 300 g/mol. The summed E-state index contributed by atoms with van der Waals surface area (Å²) in [5.41, 5.74) is 0. The van der Waals surface area contributed by atoms with E-state index in [9.17, 15) is 9.59 Å². The van der Waals surface area contributed by atoms with Crippen molar-refractivity contribution < 1.29 is 14.7 Å². The Balaban J connectivity index is 2.40. The Bertz CT molecular complexity index is 362. The lowest BCUT2D eigenvalue weighted by atomic mass is 10.0. The number of likely N-dealkylation sites (N-methyl/N-ethyl adjacent to an activating group) is 2. The summed E-state index contributed by atoms with van der Waals surface area (Å²) in [7, 11) is 4.10. The Kier molecular flexibility index (Phi) is 6.91. The number of amides is 2. The van der Waals surface area contributed by atoms with Gasteiger partial charge < -0.3 is 20.6 Å². The van der Waals surface area contributed by atoms with Crippen molar-refractivity contribution in [1.82, 2.24) is 20.4 Å². The van der Waals surface area contributed by atoms with Crippen LogP contribution in [0.5, 0.6) is 0 Å². The van der Waals surface area contributed by atoms with E-state index in [1.807, 2.05) is 20.9 Å². The quantitative estimate of drug-likeness (QED) is 0.644. The van der Waals surface area contributed by atoms with Gasteiger partial charge >= 0.3 is 12.0 Å². The second-order valence-corrected chi connectivity index (χ2v) is 6.27. The van der Waals surface area contributed by atoms with E-state index in [-0.39, 0.29) is 12.0 Å². The van der Waals surface area contributed by atoms with Crippen LogP contribution in [0, 0.1) is 5.92 Å². The topological polar surface area (TPSA) is 84.9 Å². The minimum Gasteiger partial charge on any atom is -0.480 e. The van der Waals surface area contributed by atoms with Gasteiger partial charge in [-0.3, -0.25) is 4.90 Å². The normalized spacial score (nSPS) is 22.0. The minimum atomic E-state index is -0.992. The van der Waals surface area contributed by atoms with Crippen LogP contribution in [0.1, 0.15) is 20.3 Å². The lowest BCUT2D eigenvalue weighted by Gasteiger charge is -2.37. The number of carboxylic acids is 1. The van der Waals surface area contributed by atoms with Crippen LogP contribution in [0.4, 0.5) is 4.79 Å². The first-order valence-corrected chi connectivity index (χ1v) is 7.45. The standard InChI is InChI=1S/C14H28N4O3/c1-10(2)7-12(13(19)20)16-14(21)15-8-11-9-17(3)5-6-18(11)4/h10-12H,5-9H2,1-4H3,(H,19,20)(H2,15,16,21)/t11?,12-/m1/s1. The van der Waals surface area contributed by atoms with Gasteiger partial charge in [-0.2, -0.15) is 0 Å². The summed E-state index contributed by atoms with van der Waals surface area (Å²) in [4.78, 5) is 27.4. The van der Waals surface area contributed by atoms with Gasteiger partial charge in [0.2, 0.25) is 0 Å². The van der Waals surface area contributed by atoms with Crippen molar-refractivity contribution in [2.24, 2.45) is 5.92 Å². The van der Waals surface area contributed by atoms with Gasteiger partial charge in [0.1, 0.15) is 6.04 Å². The molecule has 0 saturated carbocycles.